The molecule has 0 aliphatic carbocycles. The van der Waals surface area contributed by atoms with Crippen molar-refractivity contribution >= 4 is 38.9 Å². The van der Waals surface area contributed by atoms with Crippen LogP contribution in [0.25, 0.3) is 0 Å². The molecule has 9 heteroatoms. The number of carbonyl (C=O) groups is 2. The molecule has 0 radical (unpaired) electrons. The minimum atomic E-state index is -2.91. The molecule has 7 nitrogen and oxygen atoms in total. The van der Waals surface area contributed by atoms with E-state index in [1.54, 1.807) is 28.0 Å². The second-order valence-corrected chi connectivity index (χ2v) is 10.3. The number of anilines is 1. The Morgan fingerprint density at radius 1 is 1.11 bits per heavy atom. The molecule has 3 aliphatic heterocycles. The molecule has 0 N–H and O–H groups in total. The molecule has 1 aromatic rings. The molecule has 0 saturated carbocycles. The lowest BCUT2D eigenvalue weighted by Crippen LogP contribution is -2.52. The quantitative estimate of drug-likeness (QED) is 0.731. The summed E-state index contributed by atoms with van der Waals surface area (Å²) in [7, 11) is -2.91. The van der Waals surface area contributed by atoms with E-state index in [9.17, 15) is 18.0 Å². The van der Waals surface area contributed by atoms with Gasteiger partial charge in [-0.3, -0.25) is 14.5 Å². The highest BCUT2D eigenvalue weighted by Crippen LogP contribution is 2.31. The highest BCUT2D eigenvalue weighted by atomic mass is 35.5. The number of nitrogens with zero attached hydrogens (tertiary/aromatic N) is 3. The van der Waals surface area contributed by atoms with E-state index in [0.29, 0.717) is 61.8 Å². The first kappa shape index (κ1) is 19.7. The lowest BCUT2D eigenvalue weighted by atomic mass is 10.1. The number of sulfone groups is 1. The normalized spacial score (nSPS) is 25.5. The summed E-state index contributed by atoms with van der Waals surface area (Å²) in [5, 5.41) is 0.471. The van der Waals surface area contributed by atoms with Crippen LogP contribution in [0.2, 0.25) is 5.02 Å². The van der Waals surface area contributed by atoms with Crippen molar-refractivity contribution < 1.29 is 18.0 Å². The van der Waals surface area contributed by atoms with Crippen LogP contribution < -0.4 is 4.90 Å². The lowest BCUT2D eigenvalue weighted by Gasteiger charge is -2.37. The summed E-state index contributed by atoms with van der Waals surface area (Å²) < 4.78 is 23.4. The van der Waals surface area contributed by atoms with Gasteiger partial charge in [-0.05, 0) is 31.0 Å². The Hall–Kier alpha value is -1.64. The standard InChI is InChI=1S/C19H24ClN3O4S/c20-16-4-3-14(12-17(16)23-6-1-2-18(23)24)19(25)22-9-7-21(8-10-22)15-5-11-28(26,27)13-15/h3-4,12,15H,1-2,5-11,13H2/t15-/m0/s1. The number of benzene rings is 1. The Balaban J connectivity index is 1.42. The van der Waals surface area contributed by atoms with Crippen molar-refractivity contribution in [2.24, 2.45) is 0 Å². The summed E-state index contributed by atoms with van der Waals surface area (Å²) in [5.41, 5.74) is 1.13. The molecular weight excluding hydrogens is 402 g/mol. The molecule has 3 heterocycles. The highest BCUT2D eigenvalue weighted by molar-refractivity contribution is 7.91. The Morgan fingerprint density at radius 3 is 2.46 bits per heavy atom. The van der Waals surface area contributed by atoms with E-state index in [2.05, 4.69) is 4.90 Å². The summed E-state index contributed by atoms with van der Waals surface area (Å²) in [5.74, 6) is 0.445. The third-order valence-electron chi connectivity index (χ3n) is 5.88. The second-order valence-electron chi connectivity index (χ2n) is 7.70. The number of halogens is 1. The van der Waals surface area contributed by atoms with E-state index in [1.807, 2.05) is 0 Å². The van der Waals surface area contributed by atoms with Crippen molar-refractivity contribution in [2.75, 3.05) is 49.1 Å². The molecule has 0 bridgehead atoms. The van der Waals surface area contributed by atoms with Crippen LogP contribution in [0.4, 0.5) is 5.69 Å². The van der Waals surface area contributed by atoms with Gasteiger partial charge in [-0.1, -0.05) is 11.6 Å². The van der Waals surface area contributed by atoms with Crippen LogP contribution in [0.3, 0.4) is 0 Å². The van der Waals surface area contributed by atoms with E-state index in [4.69, 9.17) is 11.6 Å². The zero-order valence-corrected chi connectivity index (χ0v) is 17.2. The molecule has 3 fully saturated rings. The van der Waals surface area contributed by atoms with Gasteiger partial charge in [0.1, 0.15) is 0 Å². The number of rotatable bonds is 3. The van der Waals surface area contributed by atoms with Gasteiger partial charge in [-0.2, -0.15) is 0 Å². The van der Waals surface area contributed by atoms with Crippen LogP contribution in [-0.4, -0.2) is 80.3 Å². The number of hydrogen-bond acceptors (Lipinski definition) is 5. The van der Waals surface area contributed by atoms with E-state index in [1.165, 1.54) is 0 Å². The monoisotopic (exact) mass is 425 g/mol. The Morgan fingerprint density at radius 2 is 1.86 bits per heavy atom. The predicted molar refractivity (Wildman–Crippen MR) is 108 cm³/mol. The average molecular weight is 426 g/mol. The van der Waals surface area contributed by atoms with E-state index in [0.717, 1.165) is 6.42 Å². The first-order valence-corrected chi connectivity index (χ1v) is 11.9. The van der Waals surface area contributed by atoms with Crippen molar-refractivity contribution in [1.29, 1.82) is 0 Å². The van der Waals surface area contributed by atoms with Gasteiger partial charge in [0.2, 0.25) is 5.91 Å². The minimum absolute atomic E-state index is 0.0339. The third-order valence-corrected chi connectivity index (χ3v) is 7.95. The van der Waals surface area contributed by atoms with Crippen molar-refractivity contribution in [3.05, 3.63) is 28.8 Å². The summed E-state index contributed by atoms with van der Waals surface area (Å²) in [6.07, 6.45) is 1.99. The van der Waals surface area contributed by atoms with Gasteiger partial charge < -0.3 is 9.80 Å². The van der Waals surface area contributed by atoms with Crippen LogP contribution in [-0.2, 0) is 14.6 Å². The number of hydrogen-bond donors (Lipinski definition) is 0. The van der Waals surface area contributed by atoms with Crippen LogP contribution in [0, 0.1) is 0 Å². The molecule has 0 spiro atoms. The third kappa shape index (κ3) is 3.90. The van der Waals surface area contributed by atoms with E-state index >= 15 is 0 Å². The molecule has 152 valence electrons. The topological polar surface area (TPSA) is 78.0 Å². The maximum atomic E-state index is 13.0. The van der Waals surface area contributed by atoms with Crippen molar-refractivity contribution in [1.82, 2.24) is 9.80 Å². The molecular formula is C19H24ClN3O4S. The van der Waals surface area contributed by atoms with Gasteiger partial charge in [0.15, 0.2) is 9.84 Å². The largest absolute Gasteiger partial charge is 0.336 e. The van der Waals surface area contributed by atoms with Gasteiger partial charge in [-0.15, -0.1) is 0 Å². The molecule has 3 saturated heterocycles. The number of piperazine rings is 1. The van der Waals surface area contributed by atoms with Crippen LogP contribution in [0.1, 0.15) is 29.6 Å². The molecule has 0 unspecified atom stereocenters. The summed E-state index contributed by atoms with van der Waals surface area (Å²) >= 11 is 6.27. The smallest absolute Gasteiger partial charge is 0.254 e. The van der Waals surface area contributed by atoms with Gasteiger partial charge in [0.25, 0.3) is 5.91 Å². The Bertz CT molecular complexity index is 896. The fraction of sp³-hybridized carbons (Fsp3) is 0.579. The zero-order chi connectivity index (χ0) is 19.9. The maximum absolute atomic E-state index is 13.0. The van der Waals surface area contributed by atoms with Gasteiger partial charge in [0.05, 0.1) is 22.2 Å². The summed E-state index contributed by atoms with van der Waals surface area (Å²) in [6.45, 7) is 3.11. The van der Waals surface area contributed by atoms with Crippen LogP contribution >= 0.6 is 11.6 Å². The molecule has 3 aliphatic rings. The first-order chi connectivity index (χ1) is 13.3. The average Bonchev–Trinajstić information content (AvgIpc) is 3.27. The van der Waals surface area contributed by atoms with Crippen molar-refractivity contribution in [3.63, 3.8) is 0 Å². The molecule has 1 aromatic carbocycles. The minimum Gasteiger partial charge on any atom is -0.336 e. The van der Waals surface area contributed by atoms with Crippen LogP contribution in [0.5, 0.6) is 0 Å². The van der Waals surface area contributed by atoms with Gasteiger partial charge in [0, 0.05) is 50.7 Å². The SMILES string of the molecule is O=C(c1ccc(Cl)c(N2CCCC2=O)c1)N1CCN([C@H]2CCS(=O)(=O)C2)CC1. The molecule has 28 heavy (non-hydrogen) atoms. The summed E-state index contributed by atoms with van der Waals surface area (Å²) in [4.78, 5) is 30.6. The zero-order valence-electron chi connectivity index (χ0n) is 15.6. The van der Waals surface area contributed by atoms with Crippen molar-refractivity contribution in [2.45, 2.75) is 25.3 Å². The van der Waals surface area contributed by atoms with Crippen molar-refractivity contribution in [3.8, 4) is 0 Å². The molecule has 0 aromatic heterocycles. The molecule has 2 amide bonds. The molecule has 1 atom stereocenters. The van der Waals surface area contributed by atoms with Crippen LogP contribution in [0.15, 0.2) is 18.2 Å². The van der Waals surface area contributed by atoms with E-state index in [-0.39, 0.29) is 29.4 Å². The van der Waals surface area contributed by atoms with Gasteiger partial charge >= 0.3 is 0 Å². The van der Waals surface area contributed by atoms with E-state index < -0.39 is 9.84 Å². The Kier molecular flexibility index (Phi) is 5.37. The number of amides is 2. The first-order valence-electron chi connectivity index (χ1n) is 9.68. The second kappa shape index (κ2) is 7.65. The Labute approximate surface area is 170 Å². The predicted octanol–water partition coefficient (Wildman–Crippen LogP) is 1.41. The fourth-order valence-corrected chi connectivity index (χ4v) is 6.27. The summed E-state index contributed by atoms with van der Waals surface area (Å²) in [6, 6.07) is 5.16. The number of carbonyl (C=O) groups excluding carboxylic acids is 2. The fourth-order valence-electron chi connectivity index (χ4n) is 4.29. The lowest BCUT2D eigenvalue weighted by molar-refractivity contribution is -0.117. The maximum Gasteiger partial charge on any atom is 0.254 e. The van der Waals surface area contributed by atoms with Gasteiger partial charge in [-0.25, -0.2) is 8.42 Å². The highest BCUT2D eigenvalue weighted by Gasteiger charge is 2.34. The molecule has 4 rings (SSSR count).